The monoisotopic (exact) mass is 341 g/mol. The van der Waals surface area contributed by atoms with E-state index in [1.807, 2.05) is 17.0 Å². The van der Waals surface area contributed by atoms with Gasteiger partial charge in [0.25, 0.3) is 0 Å². The van der Waals surface area contributed by atoms with Crippen molar-refractivity contribution in [3.8, 4) is 11.3 Å². The molecule has 0 unspecified atom stereocenters. The van der Waals surface area contributed by atoms with Crippen LogP contribution >= 0.6 is 22.7 Å². The second kappa shape index (κ2) is 7.06. The first-order chi connectivity index (χ1) is 11.1. The van der Waals surface area contributed by atoms with E-state index in [0.29, 0.717) is 0 Å². The lowest BCUT2D eigenvalue weighted by Gasteiger charge is -2.04. The number of thiophene rings is 1. The predicted octanol–water partition coefficient (Wildman–Crippen LogP) is 4.78. The van der Waals surface area contributed by atoms with Crippen LogP contribution in [0.15, 0.2) is 57.3 Å². The quantitative estimate of drug-likeness (QED) is 0.612. The molecule has 118 valence electrons. The van der Waals surface area contributed by atoms with E-state index in [9.17, 15) is 0 Å². The van der Waals surface area contributed by atoms with E-state index in [1.165, 1.54) is 5.56 Å². The Morgan fingerprint density at radius 3 is 2.52 bits per heavy atom. The van der Waals surface area contributed by atoms with Crippen molar-refractivity contribution < 1.29 is 0 Å². The van der Waals surface area contributed by atoms with Gasteiger partial charge in [0, 0.05) is 21.9 Å². The molecule has 0 N–H and O–H groups in total. The molecular weight excluding hydrogens is 322 g/mol. The van der Waals surface area contributed by atoms with Gasteiger partial charge in [-0.25, -0.2) is 4.68 Å². The largest absolute Gasteiger partial charge is 0.255 e. The van der Waals surface area contributed by atoms with Crippen molar-refractivity contribution in [2.45, 2.75) is 26.8 Å². The van der Waals surface area contributed by atoms with Crippen LogP contribution in [0.2, 0.25) is 0 Å². The van der Waals surface area contributed by atoms with Crippen molar-refractivity contribution in [3.63, 3.8) is 0 Å². The third-order valence-electron chi connectivity index (χ3n) is 3.24. The fourth-order valence-corrected chi connectivity index (χ4v) is 3.67. The molecule has 3 aromatic rings. The van der Waals surface area contributed by atoms with Crippen LogP contribution in [0.4, 0.5) is 0 Å². The van der Waals surface area contributed by atoms with Crippen molar-refractivity contribution >= 4 is 28.9 Å². The van der Waals surface area contributed by atoms with E-state index in [0.717, 1.165) is 20.9 Å². The maximum Gasteiger partial charge on any atom is 0.206 e. The summed E-state index contributed by atoms with van der Waals surface area (Å²) in [5.41, 5.74) is 3.48. The van der Waals surface area contributed by atoms with E-state index in [2.05, 4.69) is 67.0 Å². The molecule has 0 aliphatic carbocycles. The van der Waals surface area contributed by atoms with Gasteiger partial charge in [0.15, 0.2) is 0 Å². The van der Waals surface area contributed by atoms with Crippen LogP contribution in [0, 0.1) is 6.92 Å². The molecule has 23 heavy (non-hydrogen) atoms. The summed E-state index contributed by atoms with van der Waals surface area (Å²) in [4.78, 5) is 6.75. The van der Waals surface area contributed by atoms with Crippen LogP contribution in [0.1, 0.15) is 24.3 Å². The Balaban J connectivity index is 2.09. The molecule has 0 spiro atoms. The molecule has 0 atom stereocenters. The summed E-state index contributed by atoms with van der Waals surface area (Å²) in [7, 11) is 0. The van der Waals surface area contributed by atoms with Crippen LogP contribution in [0.3, 0.4) is 0 Å². The highest BCUT2D eigenvalue weighted by Gasteiger charge is 2.07. The van der Waals surface area contributed by atoms with E-state index < -0.39 is 0 Å². The van der Waals surface area contributed by atoms with Crippen molar-refractivity contribution in [2.75, 3.05) is 0 Å². The molecule has 3 nitrogen and oxygen atoms in total. The smallest absolute Gasteiger partial charge is 0.206 e. The fourth-order valence-electron chi connectivity index (χ4n) is 2.12. The van der Waals surface area contributed by atoms with Crippen LogP contribution < -0.4 is 4.80 Å². The summed E-state index contributed by atoms with van der Waals surface area (Å²) in [5, 5.41) is 8.86. The Morgan fingerprint density at radius 1 is 1.09 bits per heavy atom. The fraction of sp³-hybridized carbons (Fsp3) is 0.222. The molecule has 0 amide bonds. The first kappa shape index (κ1) is 15.9. The van der Waals surface area contributed by atoms with Gasteiger partial charge in [-0.05, 0) is 32.2 Å². The van der Waals surface area contributed by atoms with E-state index >= 15 is 0 Å². The molecule has 3 rings (SSSR count). The highest BCUT2D eigenvalue weighted by Crippen LogP contribution is 2.21. The molecule has 2 aromatic heterocycles. The van der Waals surface area contributed by atoms with Crippen LogP contribution in [0.5, 0.6) is 0 Å². The summed E-state index contributed by atoms with van der Waals surface area (Å²) in [5.74, 6) is 0. The zero-order valence-corrected chi connectivity index (χ0v) is 15.1. The zero-order chi connectivity index (χ0) is 16.2. The molecule has 1 aromatic carbocycles. The molecule has 0 aliphatic heterocycles. The summed E-state index contributed by atoms with van der Waals surface area (Å²) in [6, 6.07) is 12.8. The molecule has 0 fully saturated rings. The standard InChI is InChI=1S/C18H19N3S2/c1-13(2)20-18-21(19-11-16-5-4-10-22-16)17(12-23-18)15-8-6-14(3)7-9-15/h4-13H,1-3H3. The number of aryl methyl sites for hydroxylation is 1. The summed E-state index contributed by atoms with van der Waals surface area (Å²) in [6.45, 7) is 6.26. The zero-order valence-electron chi connectivity index (χ0n) is 13.4. The second-order valence-electron chi connectivity index (χ2n) is 5.56. The minimum absolute atomic E-state index is 0.239. The molecule has 5 heteroatoms. The van der Waals surface area contributed by atoms with Crippen molar-refractivity contribution in [1.29, 1.82) is 0 Å². The van der Waals surface area contributed by atoms with Gasteiger partial charge in [0.1, 0.15) is 0 Å². The van der Waals surface area contributed by atoms with E-state index in [-0.39, 0.29) is 6.04 Å². The number of hydrogen-bond acceptors (Lipinski definition) is 4. The maximum atomic E-state index is 4.69. The third-order valence-corrected chi connectivity index (χ3v) is 4.88. The van der Waals surface area contributed by atoms with Gasteiger partial charge in [-0.2, -0.15) is 5.10 Å². The third kappa shape index (κ3) is 3.86. The van der Waals surface area contributed by atoms with Gasteiger partial charge < -0.3 is 0 Å². The number of thiazole rings is 1. The average Bonchev–Trinajstić information content (AvgIpc) is 3.15. The Bertz CT molecular complexity index is 851. The topological polar surface area (TPSA) is 29.6 Å². The first-order valence-corrected chi connectivity index (χ1v) is 9.28. The van der Waals surface area contributed by atoms with Gasteiger partial charge >= 0.3 is 0 Å². The maximum absolute atomic E-state index is 4.69. The van der Waals surface area contributed by atoms with Gasteiger partial charge in [-0.15, -0.1) is 22.7 Å². The Kier molecular flexibility index (Phi) is 4.88. The van der Waals surface area contributed by atoms with Crippen molar-refractivity contribution in [1.82, 2.24) is 4.68 Å². The number of aromatic nitrogens is 1. The summed E-state index contributed by atoms with van der Waals surface area (Å²) >= 11 is 3.30. The van der Waals surface area contributed by atoms with Crippen LogP contribution in [-0.4, -0.2) is 16.9 Å². The van der Waals surface area contributed by atoms with Gasteiger partial charge in [-0.3, -0.25) is 4.99 Å². The van der Waals surface area contributed by atoms with Gasteiger partial charge in [0.05, 0.1) is 11.9 Å². The number of benzene rings is 1. The summed E-state index contributed by atoms with van der Waals surface area (Å²) in [6.07, 6.45) is 1.90. The summed E-state index contributed by atoms with van der Waals surface area (Å²) < 4.78 is 1.94. The Morgan fingerprint density at radius 2 is 1.87 bits per heavy atom. The van der Waals surface area contributed by atoms with E-state index in [1.54, 1.807) is 22.7 Å². The van der Waals surface area contributed by atoms with Crippen molar-refractivity contribution in [2.24, 2.45) is 10.1 Å². The number of nitrogens with zero attached hydrogens (tertiary/aromatic N) is 3. The van der Waals surface area contributed by atoms with Crippen LogP contribution in [-0.2, 0) is 0 Å². The number of rotatable bonds is 4. The molecule has 0 radical (unpaired) electrons. The van der Waals surface area contributed by atoms with Crippen molar-refractivity contribution in [3.05, 3.63) is 62.4 Å². The minimum atomic E-state index is 0.239. The minimum Gasteiger partial charge on any atom is -0.255 e. The lowest BCUT2D eigenvalue weighted by Crippen LogP contribution is -2.14. The lowest BCUT2D eigenvalue weighted by atomic mass is 10.1. The molecule has 0 aliphatic rings. The number of hydrogen-bond donors (Lipinski definition) is 0. The van der Waals surface area contributed by atoms with Gasteiger partial charge in [0.2, 0.25) is 4.80 Å². The average molecular weight is 342 g/mol. The SMILES string of the molecule is Cc1ccc(-c2csc(=NC(C)C)n2N=Cc2cccs2)cc1. The molecule has 0 saturated heterocycles. The first-order valence-electron chi connectivity index (χ1n) is 7.53. The normalized spacial score (nSPS) is 12.6. The van der Waals surface area contributed by atoms with Gasteiger partial charge in [-0.1, -0.05) is 35.9 Å². The molecule has 2 heterocycles. The Labute approximate surface area is 144 Å². The highest BCUT2D eigenvalue weighted by atomic mass is 32.1. The molecule has 0 bridgehead atoms. The second-order valence-corrected chi connectivity index (χ2v) is 7.38. The van der Waals surface area contributed by atoms with Crippen LogP contribution in [0.25, 0.3) is 11.3 Å². The molecular formula is C18H19N3S2. The lowest BCUT2D eigenvalue weighted by molar-refractivity contribution is 0.755. The predicted molar refractivity (Wildman–Crippen MR) is 100 cm³/mol. The highest BCUT2D eigenvalue weighted by molar-refractivity contribution is 7.11. The Hall–Kier alpha value is -1.98. The van der Waals surface area contributed by atoms with E-state index in [4.69, 9.17) is 4.99 Å². The molecule has 0 saturated carbocycles.